The van der Waals surface area contributed by atoms with Gasteiger partial charge in [0.05, 0.1) is 10.9 Å². The molecule has 21 heavy (non-hydrogen) atoms. The van der Waals surface area contributed by atoms with E-state index in [1.165, 1.54) is 0 Å². The fourth-order valence-electron chi connectivity index (χ4n) is 1.87. The lowest BCUT2D eigenvalue weighted by Gasteiger charge is -2.14. The van der Waals surface area contributed by atoms with Gasteiger partial charge in [0.1, 0.15) is 0 Å². The Kier molecular flexibility index (Phi) is 5.31. The van der Waals surface area contributed by atoms with Gasteiger partial charge in [-0.15, -0.1) is 11.3 Å². The van der Waals surface area contributed by atoms with Gasteiger partial charge >= 0.3 is 0 Å². The van der Waals surface area contributed by atoms with Gasteiger partial charge in [0.25, 0.3) is 0 Å². The number of thiophene rings is 1. The average molecular weight is 453 g/mol. The Labute approximate surface area is 146 Å². The number of hydrogen-bond donors (Lipinski definition) is 1. The minimum atomic E-state index is -3.59. The Morgan fingerprint density at radius 3 is 2.38 bits per heavy atom. The summed E-state index contributed by atoms with van der Waals surface area (Å²) in [5, 5.41) is 0. The lowest BCUT2D eigenvalue weighted by atomic mass is 10.2. The van der Waals surface area contributed by atoms with Gasteiger partial charge in [-0.2, -0.15) is 0 Å². The molecule has 1 heterocycles. The predicted molar refractivity (Wildman–Crippen MR) is 94.4 cm³/mol. The van der Waals surface area contributed by atoms with E-state index in [1.54, 1.807) is 23.5 Å². The summed E-state index contributed by atoms with van der Waals surface area (Å²) in [7, 11) is -3.59. The highest BCUT2D eigenvalue weighted by atomic mass is 79.9. The summed E-state index contributed by atoms with van der Waals surface area (Å²) in [6, 6.07) is 7.09. The zero-order chi connectivity index (χ0) is 15.8. The van der Waals surface area contributed by atoms with E-state index < -0.39 is 10.0 Å². The lowest BCUT2D eigenvalue weighted by Crippen LogP contribution is -2.26. The molecule has 0 fully saturated rings. The maximum Gasteiger partial charge on any atom is 0.242 e. The summed E-state index contributed by atoms with van der Waals surface area (Å²) >= 11 is 8.30. The van der Waals surface area contributed by atoms with E-state index in [4.69, 9.17) is 0 Å². The molecule has 1 atom stereocenters. The summed E-state index contributed by atoms with van der Waals surface area (Å²) in [5.41, 5.74) is 0.975. The van der Waals surface area contributed by atoms with E-state index in [0.29, 0.717) is 4.47 Å². The Hall–Kier alpha value is -0.210. The molecule has 0 aliphatic heterocycles. The van der Waals surface area contributed by atoms with Crippen LogP contribution in [-0.2, 0) is 10.0 Å². The average Bonchev–Trinajstić information content (AvgIpc) is 2.80. The molecule has 0 bridgehead atoms. The quantitative estimate of drug-likeness (QED) is 0.714. The molecule has 0 amide bonds. The first-order chi connectivity index (χ1) is 9.70. The number of sulfonamides is 1. The van der Waals surface area contributed by atoms with Crippen molar-refractivity contribution >= 4 is 53.2 Å². The van der Waals surface area contributed by atoms with Gasteiger partial charge in [-0.3, -0.25) is 0 Å². The molecule has 1 aromatic heterocycles. The number of halogens is 2. The van der Waals surface area contributed by atoms with Crippen molar-refractivity contribution < 1.29 is 8.42 Å². The second-order valence-corrected chi connectivity index (χ2v) is 9.53. The molecule has 0 aliphatic carbocycles. The second kappa shape index (κ2) is 6.50. The maximum absolute atomic E-state index is 12.5. The van der Waals surface area contributed by atoms with Crippen LogP contribution in [0.25, 0.3) is 0 Å². The molecule has 2 aromatic rings. The first-order valence-electron chi connectivity index (χ1n) is 6.25. The van der Waals surface area contributed by atoms with Gasteiger partial charge in [-0.25, -0.2) is 13.1 Å². The van der Waals surface area contributed by atoms with Crippen molar-refractivity contribution in [1.82, 2.24) is 4.72 Å². The summed E-state index contributed by atoms with van der Waals surface area (Å²) in [5.74, 6) is 0. The van der Waals surface area contributed by atoms with Crippen LogP contribution in [0.2, 0.25) is 0 Å². The van der Waals surface area contributed by atoms with E-state index in [2.05, 4.69) is 36.6 Å². The van der Waals surface area contributed by atoms with Gasteiger partial charge in [0, 0.05) is 18.7 Å². The minimum absolute atomic E-state index is 0.236. The monoisotopic (exact) mass is 451 g/mol. The van der Waals surface area contributed by atoms with Crippen molar-refractivity contribution in [3.05, 3.63) is 48.5 Å². The van der Waals surface area contributed by atoms with Crippen LogP contribution in [0, 0.1) is 13.8 Å². The van der Waals surface area contributed by atoms with E-state index in [9.17, 15) is 8.42 Å². The third-order valence-electron chi connectivity index (χ3n) is 3.02. The highest BCUT2D eigenvalue weighted by Crippen LogP contribution is 2.30. The highest BCUT2D eigenvalue weighted by Gasteiger charge is 2.22. The van der Waals surface area contributed by atoms with Gasteiger partial charge < -0.3 is 0 Å². The molecule has 0 saturated carbocycles. The van der Waals surface area contributed by atoms with Gasteiger partial charge in [-0.05, 0) is 66.5 Å². The van der Waals surface area contributed by atoms with Crippen LogP contribution in [0.5, 0.6) is 0 Å². The highest BCUT2D eigenvalue weighted by molar-refractivity contribution is 9.11. The minimum Gasteiger partial charge on any atom is -0.207 e. The van der Waals surface area contributed by atoms with Crippen LogP contribution in [0.4, 0.5) is 0 Å². The Bertz CT molecular complexity index is 769. The molecule has 1 aromatic carbocycles. The molecule has 2 rings (SSSR count). The van der Waals surface area contributed by atoms with E-state index in [0.717, 1.165) is 19.8 Å². The van der Waals surface area contributed by atoms with E-state index in [1.807, 2.05) is 32.9 Å². The van der Waals surface area contributed by atoms with Crippen molar-refractivity contribution in [2.75, 3.05) is 0 Å². The Morgan fingerprint density at radius 1 is 1.14 bits per heavy atom. The van der Waals surface area contributed by atoms with Gasteiger partial charge in [-0.1, -0.05) is 15.9 Å². The maximum atomic E-state index is 12.5. The zero-order valence-corrected chi connectivity index (χ0v) is 16.6. The van der Waals surface area contributed by atoms with Crippen LogP contribution in [0.15, 0.2) is 38.1 Å². The smallest absolute Gasteiger partial charge is 0.207 e. The van der Waals surface area contributed by atoms with Crippen LogP contribution >= 0.6 is 43.2 Å². The Balaban J connectivity index is 2.32. The third kappa shape index (κ3) is 3.96. The number of nitrogens with one attached hydrogen (secondary N) is 1. The van der Waals surface area contributed by atoms with Crippen molar-refractivity contribution in [2.45, 2.75) is 31.7 Å². The van der Waals surface area contributed by atoms with Crippen LogP contribution < -0.4 is 4.72 Å². The number of rotatable bonds is 4. The van der Waals surface area contributed by atoms with Gasteiger partial charge in [0.15, 0.2) is 0 Å². The fourth-order valence-corrected chi connectivity index (χ4v) is 5.73. The second-order valence-electron chi connectivity index (χ2n) is 4.82. The summed E-state index contributed by atoms with van der Waals surface area (Å²) < 4.78 is 29.2. The molecule has 0 saturated heterocycles. The molecule has 114 valence electrons. The molecule has 0 radical (unpaired) electrons. The van der Waals surface area contributed by atoms with E-state index in [-0.39, 0.29) is 10.9 Å². The first kappa shape index (κ1) is 17.1. The molecule has 1 unspecified atom stereocenters. The third-order valence-corrected chi connectivity index (χ3v) is 7.56. The number of aryl methyl sites for hydroxylation is 2. The lowest BCUT2D eigenvalue weighted by molar-refractivity contribution is 0.568. The van der Waals surface area contributed by atoms with Crippen molar-refractivity contribution in [3.8, 4) is 0 Å². The van der Waals surface area contributed by atoms with Crippen molar-refractivity contribution in [1.29, 1.82) is 0 Å². The van der Waals surface area contributed by atoms with Crippen LogP contribution in [0.3, 0.4) is 0 Å². The number of benzene rings is 1. The zero-order valence-electron chi connectivity index (χ0n) is 11.8. The Morgan fingerprint density at radius 2 is 1.81 bits per heavy atom. The molecule has 0 aliphatic rings. The molecule has 1 N–H and O–H groups in total. The number of hydrogen-bond acceptors (Lipinski definition) is 3. The van der Waals surface area contributed by atoms with Crippen LogP contribution in [0.1, 0.15) is 28.3 Å². The van der Waals surface area contributed by atoms with Gasteiger partial charge in [0.2, 0.25) is 10.0 Å². The molecular weight excluding hydrogens is 438 g/mol. The molecular formula is C14H15Br2NO2S2. The standard InChI is InChI=1S/C14H15Br2NO2S2/c1-8-6-12(16)14(7-11(8)15)21(18,19)17-10(3)13-5-4-9(2)20-13/h4-7,10,17H,1-3H3. The molecule has 7 heteroatoms. The predicted octanol–water partition coefficient (Wildman–Crippen LogP) is 4.93. The summed E-state index contributed by atoms with van der Waals surface area (Å²) in [6.45, 7) is 5.76. The SMILES string of the molecule is Cc1ccc(C(C)NS(=O)(=O)c2cc(Br)c(C)cc2Br)s1. The topological polar surface area (TPSA) is 46.2 Å². The van der Waals surface area contributed by atoms with Crippen LogP contribution in [-0.4, -0.2) is 8.42 Å². The molecule has 3 nitrogen and oxygen atoms in total. The van der Waals surface area contributed by atoms with Crippen molar-refractivity contribution in [3.63, 3.8) is 0 Å². The first-order valence-corrected chi connectivity index (χ1v) is 10.1. The summed E-state index contributed by atoms with van der Waals surface area (Å²) in [6.07, 6.45) is 0. The van der Waals surface area contributed by atoms with E-state index >= 15 is 0 Å². The molecule has 0 spiro atoms. The van der Waals surface area contributed by atoms with Crippen molar-refractivity contribution in [2.24, 2.45) is 0 Å². The normalized spacial score (nSPS) is 13.4. The summed E-state index contributed by atoms with van der Waals surface area (Å²) in [4.78, 5) is 2.40. The largest absolute Gasteiger partial charge is 0.242 e. The fraction of sp³-hybridized carbons (Fsp3) is 0.286.